The van der Waals surface area contributed by atoms with Crippen LogP contribution in [0.4, 0.5) is 4.39 Å². The van der Waals surface area contributed by atoms with Gasteiger partial charge in [-0.25, -0.2) is 9.38 Å². The van der Waals surface area contributed by atoms with Crippen LogP contribution in [0.25, 0.3) is 0 Å². The second-order valence-corrected chi connectivity index (χ2v) is 5.86. The maximum absolute atomic E-state index is 12.9. The predicted molar refractivity (Wildman–Crippen MR) is 117 cm³/mol. The number of hydrogen-bond acceptors (Lipinski definition) is 3. The highest BCUT2D eigenvalue weighted by atomic mass is 127. The molecule has 0 saturated heterocycles. The first-order valence-electron chi connectivity index (χ1n) is 8.73. The molecule has 0 heterocycles. The molecule has 27 heavy (non-hydrogen) atoms. The maximum Gasteiger partial charge on any atom is 0.191 e. The molecule has 0 saturated carbocycles. The Balaban J connectivity index is 0.00000364. The first-order chi connectivity index (χ1) is 12.7. The number of aliphatic hydroxyl groups excluding tert-OH is 1. The monoisotopic (exact) mass is 487 g/mol. The summed E-state index contributed by atoms with van der Waals surface area (Å²) in [7, 11) is 0. The molecule has 0 fully saturated rings. The molecule has 2 aromatic carbocycles. The molecule has 0 radical (unpaired) electrons. The van der Waals surface area contributed by atoms with E-state index >= 15 is 0 Å². The Hall–Kier alpha value is -1.71. The van der Waals surface area contributed by atoms with Crippen molar-refractivity contribution >= 4 is 29.9 Å². The van der Waals surface area contributed by atoms with Crippen molar-refractivity contribution in [3.63, 3.8) is 0 Å². The van der Waals surface area contributed by atoms with Gasteiger partial charge in [0.15, 0.2) is 5.96 Å². The quantitative estimate of drug-likeness (QED) is 0.289. The van der Waals surface area contributed by atoms with E-state index in [0.29, 0.717) is 32.2 Å². The molecular formula is C20H27FIN3O2. The van der Waals surface area contributed by atoms with Crippen LogP contribution in [0.1, 0.15) is 18.1 Å². The molecule has 0 bridgehead atoms. The third-order valence-electron chi connectivity index (χ3n) is 3.60. The summed E-state index contributed by atoms with van der Waals surface area (Å²) < 4.78 is 18.5. The second-order valence-electron chi connectivity index (χ2n) is 5.86. The summed E-state index contributed by atoms with van der Waals surface area (Å²) in [5, 5.41) is 16.2. The third kappa shape index (κ3) is 9.69. The zero-order valence-electron chi connectivity index (χ0n) is 15.4. The van der Waals surface area contributed by atoms with E-state index in [1.54, 1.807) is 12.1 Å². The van der Waals surface area contributed by atoms with E-state index in [-0.39, 0.29) is 36.4 Å². The molecule has 0 aliphatic carbocycles. The first-order valence-corrected chi connectivity index (χ1v) is 8.73. The number of nitrogens with zero attached hydrogens (tertiary/aromatic N) is 1. The molecular weight excluding hydrogens is 460 g/mol. The van der Waals surface area contributed by atoms with Crippen molar-refractivity contribution in [3.05, 3.63) is 71.5 Å². The zero-order chi connectivity index (χ0) is 18.6. The van der Waals surface area contributed by atoms with Crippen LogP contribution in [-0.2, 0) is 17.9 Å². The molecule has 0 aliphatic heterocycles. The molecule has 1 unspecified atom stereocenters. The van der Waals surface area contributed by atoms with Crippen LogP contribution in [0, 0.1) is 5.82 Å². The molecule has 5 nitrogen and oxygen atoms in total. The van der Waals surface area contributed by atoms with E-state index in [9.17, 15) is 9.50 Å². The number of hydrogen-bond donors (Lipinski definition) is 3. The highest BCUT2D eigenvalue weighted by Crippen LogP contribution is 2.04. The van der Waals surface area contributed by atoms with E-state index in [1.807, 2.05) is 37.3 Å². The van der Waals surface area contributed by atoms with E-state index in [0.717, 1.165) is 11.1 Å². The summed E-state index contributed by atoms with van der Waals surface area (Å²) in [5.74, 6) is 0.334. The number of rotatable bonds is 9. The van der Waals surface area contributed by atoms with Gasteiger partial charge < -0.3 is 20.5 Å². The fraction of sp³-hybridized carbons (Fsp3) is 0.350. The SMILES string of the molecule is CCNC(=NCc1ccc(F)cc1)NCC(O)COCc1ccccc1.I. The van der Waals surface area contributed by atoms with Crippen LogP contribution in [0.2, 0.25) is 0 Å². The van der Waals surface area contributed by atoms with Gasteiger partial charge in [-0.2, -0.15) is 0 Å². The Morgan fingerprint density at radius 1 is 1.07 bits per heavy atom. The summed E-state index contributed by atoms with van der Waals surface area (Å²) in [6.45, 7) is 4.13. The van der Waals surface area contributed by atoms with Gasteiger partial charge in [-0.1, -0.05) is 42.5 Å². The Bertz CT molecular complexity index is 669. The smallest absolute Gasteiger partial charge is 0.191 e. The fourth-order valence-electron chi connectivity index (χ4n) is 2.26. The predicted octanol–water partition coefficient (Wildman–Crippen LogP) is 3.08. The standard InChI is InChI=1S/C20H26FN3O2.HI/c1-2-22-20(23-12-16-8-10-18(21)11-9-16)24-13-19(25)15-26-14-17-6-4-3-5-7-17;/h3-11,19,25H,2,12-15H2,1H3,(H2,22,23,24);1H. The Morgan fingerprint density at radius 3 is 2.44 bits per heavy atom. The molecule has 148 valence electrons. The summed E-state index contributed by atoms with van der Waals surface area (Å²) in [6, 6.07) is 16.1. The van der Waals surface area contributed by atoms with Crippen LogP contribution in [0.3, 0.4) is 0 Å². The van der Waals surface area contributed by atoms with Crippen LogP contribution in [-0.4, -0.2) is 36.9 Å². The number of aliphatic imine (C=N–C) groups is 1. The average Bonchev–Trinajstić information content (AvgIpc) is 2.66. The average molecular weight is 487 g/mol. The first kappa shape index (κ1) is 23.3. The number of ether oxygens (including phenoxy) is 1. The number of halogens is 2. The Kier molecular flexibility index (Phi) is 11.6. The molecule has 3 N–H and O–H groups in total. The van der Waals surface area contributed by atoms with Crippen molar-refractivity contribution in [2.45, 2.75) is 26.2 Å². The molecule has 2 rings (SSSR count). The maximum atomic E-state index is 12.9. The lowest BCUT2D eigenvalue weighted by Crippen LogP contribution is -2.42. The van der Waals surface area contributed by atoms with Crippen molar-refractivity contribution in [2.24, 2.45) is 4.99 Å². The van der Waals surface area contributed by atoms with Gasteiger partial charge in [0.25, 0.3) is 0 Å². The summed E-state index contributed by atoms with van der Waals surface area (Å²) >= 11 is 0. The summed E-state index contributed by atoms with van der Waals surface area (Å²) in [6.07, 6.45) is -0.645. The van der Waals surface area contributed by atoms with Crippen molar-refractivity contribution in [3.8, 4) is 0 Å². The lowest BCUT2D eigenvalue weighted by atomic mass is 10.2. The summed E-state index contributed by atoms with van der Waals surface area (Å²) in [5.41, 5.74) is 1.98. The van der Waals surface area contributed by atoms with Crippen LogP contribution in [0.15, 0.2) is 59.6 Å². The van der Waals surface area contributed by atoms with Crippen molar-refractivity contribution in [2.75, 3.05) is 19.7 Å². The van der Waals surface area contributed by atoms with E-state index < -0.39 is 6.10 Å². The molecule has 0 amide bonds. The summed E-state index contributed by atoms with van der Waals surface area (Å²) in [4.78, 5) is 4.43. The van der Waals surface area contributed by atoms with Gasteiger partial charge in [-0.3, -0.25) is 0 Å². The molecule has 2 aromatic rings. The zero-order valence-corrected chi connectivity index (χ0v) is 17.7. The van der Waals surface area contributed by atoms with E-state index in [1.165, 1.54) is 12.1 Å². The van der Waals surface area contributed by atoms with E-state index in [2.05, 4.69) is 15.6 Å². The Labute approximate surface area is 177 Å². The molecule has 0 aromatic heterocycles. The van der Waals surface area contributed by atoms with Gasteiger partial charge in [-0.05, 0) is 30.2 Å². The lowest BCUT2D eigenvalue weighted by molar-refractivity contribution is 0.0308. The molecule has 0 spiro atoms. The molecule has 7 heteroatoms. The van der Waals surface area contributed by atoms with Gasteiger partial charge in [0.05, 0.1) is 25.9 Å². The lowest BCUT2D eigenvalue weighted by Gasteiger charge is -2.15. The second kappa shape index (κ2) is 13.5. The minimum atomic E-state index is -0.645. The van der Waals surface area contributed by atoms with Crippen LogP contribution < -0.4 is 10.6 Å². The fourth-order valence-corrected chi connectivity index (χ4v) is 2.26. The largest absolute Gasteiger partial charge is 0.389 e. The van der Waals surface area contributed by atoms with Crippen LogP contribution >= 0.6 is 24.0 Å². The minimum Gasteiger partial charge on any atom is -0.389 e. The van der Waals surface area contributed by atoms with Crippen molar-refractivity contribution < 1.29 is 14.2 Å². The number of benzene rings is 2. The van der Waals surface area contributed by atoms with Gasteiger partial charge >= 0.3 is 0 Å². The molecule has 1 atom stereocenters. The third-order valence-corrected chi connectivity index (χ3v) is 3.60. The van der Waals surface area contributed by atoms with Gasteiger partial charge in [0.1, 0.15) is 5.82 Å². The van der Waals surface area contributed by atoms with Crippen molar-refractivity contribution in [1.29, 1.82) is 0 Å². The minimum absolute atomic E-state index is 0. The van der Waals surface area contributed by atoms with Gasteiger partial charge in [0.2, 0.25) is 0 Å². The van der Waals surface area contributed by atoms with Crippen LogP contribution in [0.5, 0.6) is 0 Å². The number of guanidine groups is 1. The molecule has 0 aliphatic rings. The van der Waals surface area contributed by atoms with Crippen molar-refractivity contribution in [1.82, 2.24) is 10.6 Å². The topological polar surface area (TPSA) is 65.9 Å². The highest BCUT2D eigenvalue weighted by Gasteiger charge is 2.06. The Morgan fingerprint density at radius 2 is 1.78 bits per heavy atom. The van der Waals surface area contributed by atoms with Gasteiger partial charge in [0, 0.05) is 13.1 Å². The normalized spacial score (nSPS) is 12.2. The highest BCUT2D eigenvalue weighted by molar-refractivity contribution is 14.0. The number of aliphatic hydroxyl groups is 1. The number of nitrogens with one attached hydrogen (secondary N) is 2. The van der Waals surface area contributed by atoms with E-state index in [4.69, 9.17) is 4.74 Å². The van der Waals surface area contributed by atoms with Gasteiger partial charge in [-0.15, -0.1) is 24.0 Å².